The summed E-state index contributed by atoms with van der Waals surface area (Å²) in [7, 11) is 1.89. The van der Waals surface area contributed by atoms with E-state index in [0.717, 1.165) is 19.4 Å². The first-order valence-corrected chi connectivity index (χ1v) is 7.67. The lowest BCUT2D eigenvalue weighted by molar-refractivity contribution is 0.0945. The summed E-state index contributed by atoms with van der Waals surface area (Å²) < 4.78 is 13.5. The van der Waals surface area contributed by atoms with E-state index in [1.165, 1.54) is 6.07 Å². The lowest BCUT2D eigenvalue weighted by Crippen LogP contribution is -2.26. The van der Waals surface area contributed by atoms with Crippen LogP contribution in [0.4, 0.5) is 10.3 Å². The second-order valence-corrected chi connectivity index (χ2v) is 5.29. The molecule has 1 amide bonds. The molecule has 2 aromatic rings. The van der Waals surface area contributed by atoms with Crippen molar-refractivity contribution in [3.05, 3.63) is 53.6 Å². The van der Waals surface area contributed by atoms with Crippen molar-refractivity contribution in [1.82, 2.24) is 15.3 Å². The highest BCUT2D eigenvalue weighted by molar-refractivity contribution is 5.92. The Hall–Kier alpha value is -2.50. The summed E-state index contributed by atoms with van der Waals surface area (Å²) in [6.07, 6.45) is 3.67. The summed E-state index contributed by atoms with van der Waals surface area (Å²) in [5.74, 6) is -0.173. The summed E-state index contributed by atoms with van der Waals surface area (Å²) in [6.45, 7) is 3.06. The Labute approximate surface area is 135 Å². The minimum Gasteiger partial charge on any atom is -0.347 e. The fraction of sp³-hybridized carbons (Fsp3) is 0.353. The second-order valence-electron chi connectivity index (χ2n) is 5.29. The van der Waals surface area contributed by atoms with Gasteiger partial charge in [-0.15, -0.1) is 0 Å². The first kappa shape index (κ1) is 16.9. The fourth-order valence-corrected chi connectivity index (χ4v) is 2.06. The topological polar surface area (TPSA) is 58.1 Å². The minimum absolute atomic E-state index is 0.122. The van der Waals surface area contributed by atoms with Gasteiger partial charge in [0.25, 0.3) is 5.91 Å². The molecule has 1 aromatic heterocycles. The molecule has 1 aromatic carbocycles. The van der Waals surface area contributed by atoms with Crippen LogP contribution in [-0.4, -0.2) is 29.5 Å². The van der Waals surface area contributed by atoms with Gasteiger partial charge in [0.2, 0.25) is 5.95 Å². The molecular weight excluding hydrogens is 295 g/mol. The van der Waals surface area contributed by atoms with E-state index < -0.39 is 0 Å². The number of carbonyl (C=O) groups excluding carboxylic acids is 1. The molecule has 0 aliphatic heterocycles. The molecule has 0 spiro atoms. The number of nitrogens with zero attached hydrogens (tertiary/aromatic N) is 3. The number of nitrogens with one attached hydrogen (secondary N) is 1. The van der Waals surface area contributed by atoms with Gasteiger partial charge in [0.15, 0.2) is 0 Å². The van der Waals surface area contributed by atoms with Gasteiger partial charge in [-0.2, -0.15) is 0 Å². The third kappa shape index (κ3) is 4.74. The van der Waals surface area contributed by atoms with Crippen LogP contribution in [0.1, 0.15) is 35.8 Å². The van der Waals surface area contributed by atoms with Crippen molar-refractivity contribution in [2.45, 2.75) is 26.3 Å². The van der Waals surface area contributed by atoms with Crippen molar-refractivity contribution < 1.29 is 9.18 Å². The van der Waals surface area contributed by atoms with E-state index >= 15 is 0 Å². The maximum atomic E-state index is 13.5. The van der Waals surface area contributed by atoms with E-state index in [-0.39, 0.29) is 24.0 Å². The Morgan fingerprint density at radius 3 is 2.83 bits per heavy atom. The molecule has 0 aliphatic rings. The molecule has 2 rings (SSSR count). The third-order valence-electron chi connectivity index (χ3n) is 3.46. The second kappa shape index (κ2) is 8.22. The standard InChI is InChI=1S/C17H21FN4O/c1-3-4-11-22(2)17-19-10-9-15(21-17)16(23)20-12-13-7-5-6-8-14(13)18/h5-10H,3-4,11-12H2,1-2H3,(H,20,23). The molecule has 23 heavy (non-hydrogen) atoms. The SMILES string of the molecule is CCCCN(C)c1nccc(C(=O)NCc2ccccc2F)n1. The molecule has 0 radical (unpaired) electrons. The van der Waals surface area contributed by atoms with Crippen molar-refractivity contribution in [2.24, 2.45) is 0 Å². The Balaban J connectivity index is 2.01. The van der Waals surface area contributed by atoms with Crippen LogP contribution < -0.4 is 10.2 Å². The summed E-state index contributed by atoms with van der Waals surface area (Å²) in [5, 5.41) is 2.68. The maximum Gasteiger partial charge on any atom is 0.270 e. The predicted octanol–water partition coefficient (Wildman–Crippen LogP) is 2.78. The highest BCUT2D eigenvalue weighted by Crippen LogP contribution is 2.08. The molecule has 0 atom stereocenters. The zero-order valence-electron chi connectivity index (χ0n) is 13.4. The number of unbranched alkanes of at least 4 members (excludes halogenated alkanes) is 1. The Morgan fingerprint density at radius 1 is 1.30 bits per heavy atom. The Bertz CT molecular complexity index is 663. The average molecular weight is 316 g/mol. The molecule has 0 aliphatic carbocycles. The highest BCUT2D eigenvalue weighted by atomic mass is 19.1. The van der Waals surface area contributed by atoms with Gasteiger partial charge in [-0.25, -0.2) is 14.4 Å². The minimum atomic E-state index is -0.346. The number of hydrogen-bond donors (Lipinski definition) is 1. The van der Waals surface area contributed by atoms with Crippen molar-refractivity contribution in [3.8, 4) is 0 Å². The Morgan fingerprint density at radius 2 is 2.09 bits per heavy atom. The van der Waals surface area contributed by atoms with Crippen LogP contribution in [-0.2, 0) is 6.54 Å². The molecule has 6 heteroatoms. The number of aromatic nitrogens is 2. The van der Waals surface area contributed by atoms with E-state index in [9.17, 15) is 9.18 Å². The highest BCUT2D eigenvalue weighted by Gasteiger charge is 2.11. The average Bonchev–Trinajstić information content (AvgIpc) is 2.58. The van der Waals surface area contributed by atoms with Crippen LogP contribution in [0.3, 0.4) is 0 Å². The summed E-state index contributed by atoms with van der Waals surface area (Å²) in [5.41, 5.74) is 0.713. The largest absolute Gasteiger partial charge is 0.347 e. The molecule has 0 unspecified atom stereocenters. The molecule has 0 bridgehead atoms. The van der Waals surface area contributed by atoms with E-state index in [2.05, 4.69) is 22.2 Å². The first-order valence-electron chi connectivity index (χ1n) is 7.67. The fourth-order valence-electron chi connectivity index (χ4n) is 2.06. The van der Waals surface area contributed by atoms with E-state index in [1.54, 1.807) is 30.5 Å². The van der Waals surface area contributed by atoms with Gasteiger partial charge in [-0.3, -0.25) is 4.79 Å². The van der Waals surface area contributed by atoms with Gasteiger partial charge in [-0.05, 0) is 18.6 Å². The van der Waals surface area contributed by atoms with Crippen LogP contribution in [0.25, 0.3) is 0 Å². The third-order valence-corrected chi connectivity index (χ3v) is 3.46. The van der Waals surface area contributed by atoms with Crippen LogP contribution in [0.2, 0.25) is 0 Å². The first-order chi connectivity index (χ1) is 11.1. The van der Waals surface area contributed by atoms with Crippen molar-refractivity contribution >= 4 is 11.9 Å². The molecule has 5 nitrogen and oxygen atoms in total. The number of anilines is 1. The lowest BCUT2D eigenvalue weighted by atomic mass is 10.2. The zero-order chi connectivity index (χ0) is 16.7. The Kier molecular flexibility index (Phi) is 6.02. The van der Waals surface area contributed by atoms with Gasteiger partial charge in [0, 0.05) is 31.9 Å². The van der Waals surface area contributed by atoms with Gasteiger partial charge >= 0.3 is 0 Å². The van der Waals surface area contributed by atoms with Gasteiger partial charge < -0.3 is 10.2 Å². The molecule has 1 N–H and O–H groups in total. The van der Waals surface area contributed by atoms with E-state index in [0.29, 0.717) is 11.5 Å². The molecule has 122 valence electrons. The molecular formula is C17H21FN4O. The van der Waals surface area contributed by atoms with Crippen molar-refractivity contribution in [2.75, 3.05) is 18.5 Å². The quantitative estimate of drug-likeness (QED) is 0.853. The van der Waals surface area contributed by atoms with E-state index in [4.69, 9.17) is 0 Å². The lowest BCUT2D eigenvalue weighted by Gasteiger charge is -2.16. The summed E-state index contributed by atoms with van der Waals surface area (Å²) >= 11 is 0. The number of halogens is 1. The molecule has 1 heterocycles. The van der Waals surface area contributed by atoms with Crippen LogP contribution in [0, 0.1) is 5.82 Å². The predicted molar refractivity (Wildman–Crippen MR) is 87.8 cm³/mol. The number of carbonyl (C=O) groups is 1. The summed E-state index contributed by atoms with van der Waals surface area (Å²) in [6, 6.07) is 7.90. The van der Waals surface area contributed by atoms with Gasteiger partial charge in [0.1, 0.15) is 11.5 Å². The summed E-state index contributed by atoms with van der Waals surface area (Å²) in [4.78, 5) is 22.5. The van der Waals surface area contributed by atoms with Gasteiger partial charge in [0.05, 0.1) is 0 Å². The normalized spacial score (nSPS) is 10.4. The van der Waals surface area contributed by atoms with Crippen LogP contribution in [0.5, 0.6) is 0 Å². The van der Waals surface area contributed by atoms with Gasteiger partial charge in [-0.1, -0.05) is 31.5 Å². The molecule has 0 saturated heterocycles. The zero-order valence-corrected chi connectivity index (χ0v) is 13.4. The number of hydrogen-bond acceptors (Lipinski definition) is 4. The monoisotopic (exact) mass is 316 g/mol. The smallest absolute Gasteiger partial charge is 0.270 e. The number of amides is 1. The number of benzene rings is 1. The maximum absolute atomic E-state index is 13.5. The number of rotatable bonds is 7. The van der Waals surface area contributed by atoms with Crippen LogP contribution in [0.15, 0.2) is 36.5 Å². The van der Waals surface area contributed by atoms with E-state index in [1.807, 2.05) is 11.9 Å². The molecule has 0 saturated carbocycles. The van der Waals surface area contributed by atoms with Crippen molar-refractivity contribution in [1.29, 1.82) is 0 Å². The van der Waals surface area contributed by atoms with Crippen molar-refractivity contribution in [3.63, 3.8) is 0 Å². The van der Waals surface area contributed by atoms with Crippen LogP contribution >= 0.6 is 0 Å². The molecule has 0 fully saturated rings.